The molecule has 3 aliphatic rings. The maximum absolute atomic E-state index is 6.97. The van der Waals surface area contributed by atoms with Gasteiger partial charge in [-0.05, 0) is 42.8 Å². The normalized spacial score (nSPS) is 40.8. The summed E-state index contributed by atoms with van der Waals surface area (Å²) < 4.78 is 24.7. The molecule has 0 unspecified atom stereocenters. The van der Waals surface area contributed by atoms with Crippen molar-refractivity contribution < 1.29 is 18.6 Å². The summed E-state index contributed by atoms with van der Waals surface area (Å²) in [5, 5.41) is 0.238. The van der Waals surface area contributed by atoms with E-state index in [9.17, 15) is 0 Å². The van der Waals surface area contributed by atoms with Crippen LogP contribution in [-0.2, 0) is 18.6 Å². The average Bonchev–Trinajstić information content (AvgIpc) is 3.31. The number of hydrogen-bond acceptors (Lipinski definition) is 4. The summed E-state index contributed by atoms with van der Waals surface area (Å²) in [7, 11) is 1.76. The Kier molecular flexibility index (Phi) is 4.78. The van der Waals surface area contributed by atoms with E-state index in [-0.39, 0.29) is 16.1 Å². The zero-order valence-electron chi connectivity index (χ0n) is 17.5. The Hall–Kier alpha value is 0.0569. The Morgan fingerprint density at radius 1 is 1.04 bits per heavy atom. The van der Waals surface area contributed by atoms with Gasteiger partial charge in [-0.15, -0.1) is 0 Å². The first-order valence-corrected chi connectivity index (χ1v) is 12.8. The zero-order valence-corrected chi connectivity index (χ0v) is 18.5. The van der Waals surface area contributed by atoms with E-state index in [4.69, 9.17) is 18.6 Å². The van der Waals surface area contributed by atoms with E-state index < -0.39 is 14.1 Å². The van der Waals surface area contributed by atoms with Gasteiger partial charge in [0.15, 0.2) is 14.1 Å². The van der Waals surface area contributed by atoms with E-state index >= 15 is 0 Å². The SMILES string of the molecule is COC1(OC)CC[C@]2(C)[C@@H](O[Si](C)(C)C(C)(C)C)CC[C@@]3(CO3)[C@H]2C1. The molecule has 0 aromatic carbocycles. The van der Waals surface area contributed by atoms with Gasteiger partial charge in [-0.1, -0.05) is 27.7 Å². The van der Waals surface area contributed by atoms with E-state index in [1.165, 1.54) is 0 Å². The topological polar surface area (TPSA) is 40.2 Å². The summed E-state index contributed by atoms with van der Waals surface area (Å²) in [5.74, 6) is -0.0145. The van der Waals surface area contributed by atoms with Gasteiger partial charge in [0, 0.05) is 33.0 Å². The monoisotopic (exact) mass is 370 g/mol. The van der Waals surface area contributed by atoms with Crippen LogP contribution in [0.5, 0.6) is 0 Å². The fourth-order valence-electron chi connectivity index (χ4n) is 4.95. The highest BCUT2D eigenvalue weighted by Gasteiger charge is 2.67. The van der Waals surface area contributed by atoms with Gasteiger partial charge in [0.2, 0.25) is 0 Å². The van der Waals surface area contributed by atoms with Crippen LogP contribution >= 0.6 is 0 Å². The predicted octanol–water partition coefficient (Wildman–Crippen LogP) is 4.74. The van der Waals surface area contributed by atoms with Crippen molar-refractivity contribution >= 4 is 8.32 Å². The molecule has 1 saturated heterocycles. The Labute approximate surface area is 155 Å². The summed E-state index contributed by atoms with van der Waals surface area (Å²) in [4.78, 5) is 0. The fourth-order valence-corrected chi connectivity index (χ4v) is 6.40. The highest BCUT2D eigenvalue weighted by atomic mass is 28.4. The second kappa shape index (κ2) is 6.03. The summed E-state index contributed by atoms with van der Waals surface area (Å²) in [6, 6.07) is 0. The van der Waals surface area contributed by atoms with Gasteiger partial charge in [0.25, 0.3) is 0 Å². The van der Waals surface area contributed by atoms with Crippen LogP contribution in [-0.4, -0.2) is 46.6 Å². The number of ether oxygens (including phenoxy) is 3. The van der Waals surface area contributed by atoms with Gasteiger partial charge >= 0.3 is 0 Å². The molecule has 0 bridgehead atoms. The van der Waals surface area contributed by atoms with Crippen LogP contribution in [0.4, 0.5) is 0 Å². The number of rotatable bonds is 4. The van der Waals surface area contributed by atoms with Crippen molar-refractivity contribution in [3.05, 3.63) is 0 Å². The number of fused-ring (bicyclic) bond motifs is 2. The van der Waals surface area contributed by atoms with Crippen LogP contribution in [0.2, 0.25) is 18.1 Å². The Bertz CT molecular complexity index is 504. The van der Waals surface area contributed by atoms with E-state index in [1.807, 2.05) is 0 Å². The molecular formula is C20H38O4Si. The molecule has 4 nitrogen and oxygen atoms in total. The minimum Gasteiger partial charge on any atom is -0.413 e. The maximum atomic E-state index is 6.97. The molecule has 0 N–H and O–H groups in total. The Morgan fingerprint density at radius 2 is 1.64 bits per heavy atom. The van der Waals surface area contributed by atoms with E-state index in [0.717, 1.165) is 38.7 Å². The van der Waals surface area contributed by atoms with Crippen LogP contribution < -0.4 is 0 Å². The quantitative estimate of drug-likeness (QED) is 0.407. The Morgan fingerprint density at radius 3 is 2.12 bits per heavy atom. The fraction of sp³-hybridized carbons (Fsp3) is 1.00. The second-order valence-corrected chi connectivity index (χ2v) is 15.1. The molecule has 2 saturated carbocycles. The third-order valence-corrected chi connectivity index (χ3v) is 12.5. The third-order valence-electron chi connectivity index (χ3n) is 8.06. The van der Waals surface area contributed by atoms with Gasteiger partial charge < -0.3 is 18.6 Å². The first kappa shape index (κ1) is 19.8. The molecule has 25 heavy (non-hydrogen) atoms. The molecule has 146 valence electrons. The van der Waals surface area contributed by atoms with Crippen molar-refractivity contribution in [2.45, 2.75) is 95.4 Å². The predicted molar refractivity (Wildman–Crippen MR) is 102 cm³/mol. The second-order valence-electron chi connectivity index (χ2n) is 10.3. The summed E-state index contributed by atoms with van der Waals surface area (Å²) in [6.45, 7) is 15.1. The van der Waals surface area contributed by atoms with Gasteiger partial charge in [-0.3, -0.25) is 0 Å². The van der Waals surface area contributed by atoms with E-state index in [1.54, 1.807) is 14.2 Å². The van der Waals surface area contributed by atoms with Crippen LogP contribution in [0.3, 0.4) is 0 Å². The van der Waals surface area contributed by atoms with Gasteiger partial charge in [0.05, 0.1) is 18.3 Å². The molecule has 1 aliphatic heterocycles. The minimum atomic E-state index is -1.80. The zero-order chi connectivity index (χ0) is 18.7. The lowest BCUT2D eigenvalue weighted by Gasteiger charge is -2.58. The van der Waals surface area contributed by atoms with Crippen molar-refractivity contribution in [1.82, 2.24) is 0 Å². The highest BCUT2D eigenvalue weighted by Crippen LogP contribution is 2.63. The highest BCUT2D eigenvalue weighted by molar-refractivity contribution is 6.74. The molecule has 3 fully saturated rings. The summed E-state index contributed by atoms with van der Waals surface area (Å²) in [5.41, 5.74) is 0.190. The van der Waals surface area contributed by atoms with Crippen molar-refractivity contribution in [2.75, 3.05) is 20.8 Å². The largest absolute Gasteiger partial charge is 0.413 e. The molecule has 2 aliphatic carbocycles. The van der Waals surface area contributed by atoms with E-state index in [2.05, 4.69) is 40.8 Å². The third kappa shape index (κ3) is 3.14. The summed E-state index contributed by atoms with van der Waals surface area (Å²) in [6.07, 6.45) is 5.46. The van der Waals surface area contributed by atoms with Crippen molar-refractivity contribution in [3.63, 3.8) is 0 Å². The molecule has 1 spiro atoms. The molecule has 0 aromatic heterocycles. The lowest BCUT2D eigenvalue weighted by atomic mass is 9.54. The molecule has 1 heterocycles. The first-order chi connectivity index (χ1) is 11.4. The molecule has 4 atom stereocenters. The molecule has 0 aromatic rings. The molecule has 3 rings (SSSR count). The molecule has 0 radical (unpaired) electrons. The van der Waals surface area contributed by atoms with Crippen molar-refractivity contribution in [1.29, 1.82) is 0 Å². The van der Waals surface area contributed by atoms with Gasteiger partial charge in [0.1, 0.15) is 0 Å². The lowest BCUT2D eigenvalue weighted by Crippen LogP contribution is -2.61. The van der Waals surface area contributed by atoms with E-state index in [0.29, 0.717) is 12.0 Å². The maximum Gasteiger partial charge on any atom is 0.192 e. The van der Waals surface area contributed by atoms with Crippen LogP contribution in [0, 0.1) is 11.3 Å². The average molecular weight is 371 g/mol. The van der Waals surface area contributed by atoms with Crippen LogP contribution in [0.25, 0.3) is 0 Å². The number of hydrogen-bond donors (Lipinski definition) is 0. The van der Waals surface area contributed by atoms with Gasteiger partial charge in [-0.25, -0.2) is 0 Å². The minimum absolute atomic E-state index is 0.0464. The molecule has 0 amide bonds. The molecular weight excluding hydrogens is 332 g/mol. The van der Waals surface area contributed by atoms with Gasteiger partial charge in [-0.2, -0.15) is 0 Å². The molecule has 5 heteroatoms. The number of methoxy groups -OCH3 is 2. The smallest absolute Gasteiger partial charge is 0.192 e. The number of epoxide rings is 1. The first-order valence-electron chi connectivity index (χ1n) is 9.86. The lowest BCUT2D eigenvalue weighted by molar-refractivity contribution is -0.264. The van der Waals surface area contributed by atoms with Crippen molar-refractivity contribution in [3.8, 4) is 0 Å². The Balaban J connectivity index is 1.87. The van der Waals surface area contributed by atoms with Crippen LogP contribution in [0.1, 0.15) is 59.8 Å². The summed E-state index contributed by atoms with van der Waals surface area (Å²) >= 11 is 0. The van der Waals surface area contributed by atoms with Crippen molar-refractivity contribution in [2.24, 2.45) is 11.3 Å². The van der Waals surface area contributed by atoms with Crippen LogP contribution in [0.15, 0.2) is 0 Å². The standard InChI is InChI=1S/C20H38O4Si/c1-17(2,3)25(7,8)24-16-9-10-19(14-23-19)15-13-20(21-5,22-6)12-11-18(15,16)4/h15-16H,9-14H2,1-8H3/t15-,16-,18-,19+/m0/s1.